The SMILES string of the molecule is COCc1cnc(C(Cl)(Cl)Cl)nc1-c1ccc(OC)cc1. The summed E-state index contributed by atoms with van der Waals surface area (Å²) < 4.78 is 8.62. The minimum atomic E-state index is -1.67. The molecule has 1 heterocycles. The molecule has 0 aliphatic carbocycles. The van der Waals surface area contributed by atoms with E-state index in [1.165, 1.54) is 0 Å². The molecule has 0 aliphatic rings. The second-order valence-electron chi connectivity index (χ2n) is 4.23. The molecule has 0 N–H and O–H groups in total. The summed E-state index contributed by atoms with van der Waals surface area (Å²) in [5, 5.41) is 0. The zero-order valence-electron chi connectivity index (χ0n) is 11.4. The topological polar surface area (TPSA) is 44.2 Å². The molecule has 0 atom stereocenters. The van der Waals surface area contributed by atoms with E-state index in [-0.39, 0.29) is 5.82 Å². The number of hydrogen-bond donors (Lipinski definition) is 0. The van der Waals surface area contributed by atoms with Crippen molar-refractivity contribution in [2.24, 2.45) is 0 Å². The van der Waals surface area contributed by atoms with Crippen molar-refractivity contribution >= 4 is 34.8 Å². The Kier molecular flexibility index (Phi) is 5.27. The maximum atomic E-state index is 5.85. The molecule has 0 spiro atoms. The smallest absolute Gasteiger partial charge is 0.250 e. The van der Waals surface area contributed by atoms with Gasteiger partial charge in [-0.2, -0.15) is 0 Å². The van der Waals surface area contributed by atoms with E-state index in [0.717, 1.165) is 16.9 Å². The van der Waals surface area contributed by atoms with Gasteiger partial charge in [0, 0.05) is 24.4 Å². The second-order valence-corrected chi connectivity index (χ2v) is 6.51. The molecule has 112 valence electrons. The Morgan fingerprint density at radius 3 is 2.29 bits per heavy atom. The Morgan fingerprint density at radius 2 is 1.76 bits per heavy atom. The van der Waals surface area contributed by atoms with Crippen LogP contribution in [0, 0.1) is 0 Å². The lowest BCUT2D eigenvalue weighted by molar-refractivity contribution is 0.184. The average molecular weight is 348 g/mol. The number of nitrogens with zero attached hydrogens (tertiary/aromatic N) is 2. The molecule has 21 heavy (non-hydrogen) atoms. The number of methoxy groups -OCH3 is 2. The van der Waals surface area contributed by atoms with Gasteiger partial charge in [0.25, 0.3) is 0 Å². The van der Waals surface area contributed by atoms with Gasteiger partial charge in [0.1, 0.15) is 5.75 Å². The molecule has 2 aromatic rings. The Labute approximate surface area is 138 Å². The normalized spacial score (nSPS) is 11.5. The standard InChI is InChI=1S/C14H13Cl3N2O2/c1-20-8-10-7-18-13(14(15,16)17)19-12(10)9-3-5-11(21-2)6-4-9/h3-7H,8H2,1-2H3. The van der Waals surface area contributed by atoms with Gasteiger partial charge in [0.15, 0.2) is 5.82 Å². The fraction of sp³-hybridized carbons (Fsp3) is 0.286. The molecule has 0 fully saturated rings. The van der Waals surface area contributed by atoms with Crippen LogP contribution in [0.4, 0.5) is 0 Å². The summed E-state index contributed by atoms with van der Waals surface area (Å²) in [5.74, 6) is 0.876. The molecule has 0 saturated heterocycles. The summed E-state index contributed by atoms with van der Waals surface area (Å²) in [6.07, 6.45) is 1.60. The Balaban J connectivity index is 2.51. The highest BCUT2D eigenvalue weighted by molar-refractivity contribution is 6.66. The van der Waals surface area contributed by atoms with E-state index in [4.69, 9.17) is 44.3 Å². The maximum absolute atomic E-state index is 5.85. The van der Waals surface area contributed by atoms with E-state index in [1.807, 2.05) is 24.3 Å². The number of aromatic nitrogens is 2. The van der Waals surface area contributed by atoms with Crippen LogP contribution in [0.1, 0.15) is 11.4 Å². The first kappa shape index (κ1) is 16.3. The van der Waals surface area contributed by atoms with E-state index in [1.54, 1.807) is 20.4 Å². The van der Waals surface area contributed by atoms with Crippen molar-refractivity contribution in [2.45, 2.75) is 10.4 Å². The van der Waals surface area contributed by atoms with Crippen molar-refractivity contribution in [3.05, 3.63) is 41.9 Å². The number of rotatable bonds is 4. The Hall–Kier alpha value is -1.07. The number of ether oxygens (including phenoxy) is 2. The summed E-state index contributed by atoms with van der Waals surface area (Å²) in [6.45, 7) is 0.363. The quantitative estimate of drug-likeness (QED) is 0.780. The first-order valence-corrected chi connectivity index (χ1v) is 7.15. The Bertz CT molecular complexity index is 613. The van der Waals surface area contributed by atoms with Crippen molar-refractivity contribution in [3.63, 3.8) is 0 Å². The van der Waals surface area contributed by atoms with Crippen LogP contribution in [0.5, 0.6) is 5.75 Å². The van der Waals surface area contributed by atoms with E-state index in [9.17, 15) is 0 Å². The van der Waals surface area contributed by atoms with Gasteiger partial charge in [-0.05, 0) is 24.3 Å². The fourth-order valence-electron chi connectivity index (χ4n) is 1.80. The minimum absolute atomic E-state index is 0.123. The third-order valence-electron chi connectivity index (χ3n) is 2.78. The third kappa shape index (κ3) is 3.98. The molecule has 0 amide bonds. The maximum Gasteiger partial charge on any atom is 0.250 e. The summed E-state index contributed by atoms with van der Waals surface area (Å²) in [5.41, 5.74) is 2.33. The van der Waals surface area contributed by atoms with E-state index in [0.29, 0.717) is 12.3 Å². The molecular formula is C14H13Cl3N2O2. The van der Waals surface area contributed by atoms with E-state index in [2.05, 4.69) is 9.97 Å². The molecule has 7 heteroatoms. The lowest BCUT2D eigenvalue weighted by Gasteiger charge is -2.14. The number of benzene rings is 1. The van der Waals surface area contributed by atoms with Gasteiger partial charge in [0.2, 0.25) is 3.79 Å². The third-order valence-corrected chi connectivity index (χ3v) is 3.29. The van der Waals surface area contributed by atoms with Crippen molar-refractivity contribution in [1.29, 1.82) is 0 Å². The largest absolute Gasteiger partial charge is 0.497 e. The molecule has 4 nitrogen and oxygen atoms in total. The molecular weight excluding hydrogens is 335 g/mol. The van der Waals surface area contributed by atoms with Crippen molar-refractivity contribution in [1.82, 2.24) is 9.97 Å². The first-order valence-electron chi connectivity index (χ1n) is 6.02. The van der Waals surface area contributed by atoms with Gasteiger partial charge in [0.05, 0.1) is 19.4 Å². The number of hydrogen-bond acceptors (Lipinski definition) is 4. The van der Waals surface area contributed by atoms with Crippen LogP contribution >= 0.6 is 34.8 Å². The van der Waals surface area contributed by atoms with Crippen LogP contribution in [-0.4, -0.2) is 24.2 Å². The number of halogens is 3. The predicted molar refractivity (Wildman–Crippen MR) is 84.0 cm³/mol. The van der Waals surface area contributed by atoms with Gasteiger partial charge in [-0.25, -0.2) is 9.97 Å². The van der Waals surface area contributed by atoms with Crippen molar-refractivity contribution < 1.29 is 9.47 Å². The van der Waals surface area contributed by atoms with Crippen molar-refractivity contribution in [2.75, 3.05) is 14.2 Å². The van der Waals surface area contributed by atoms with Crippen molar-refractivity contribution in [3.8, 4) is 17.0 Å². The average Bonchev–Trinajstić information content (AvgIpc) is 2.47. The molecule has 0 saturated carbocycles. The highest BCUT2D eigenvalue weighted by atomic mass is 35.6. The summed E-state index contributed by atoms with van der Waals surface area (Å²) >= 11 is 17.5. The van der Waals surface area contributed by atoms with Crippen LogP contribution in [0.2, 0.25) is 0 Å². The van der Waals surface area contributed by atoms with Gasteiger partial charge in [-0.3, -0.25) is 0 Å². The highest BCUT2D eigenvalue weighted by Crippen LogP contribution is 2.37. The van der Waals surface area contributed by atoms with Crippen LogP contribution in [0.25, 0.3) is 11.3 Å². The van der Waals surface area contributed by atoms with Crippen LogP contribution < -0.4 is 4.74 Å². The molecule has 0 unspecified atom stereocenters. The second kappa shape index (κ2) is 6.79. The molecule has 2 rings (SSSR count). The van der Waals surface area contributed by atoms with E-state index >= 15 is 0 Å². The van der Waals surface area contributed by atoms with Gasteiger partial charge < -0.3 is 9.47 Å². The van der Waals surface area contributed by atoms with Gasteiger partial charge in [-0.1, -0.05) is 34.8 Å². The zero-order chi connectivity index (χ0) is 15.5. The lowest BCUT2D eigenvalue weighted by atomic mass is 10.1. The lowest BCUT2D eigenvalue weighted by Crippen LogP contribution is -2.10. The zero-order valence-corrected chi connectivity index (χ0v) is 13.7. The molecule has 0 radical (unpaired) electrons. The van der Waals surface area contributed by atoms with E-state index < -0.39 is 3.79 Å². The highest BCUT2D eigenvalue weighted by Gasteiger charge is 2.27. The first-order chi connectivity index (χ1) is 9.95. The number of alkyl halides is 3. The van der Waals surface area contributed by atoms with Crippen LogP contribution in [-0.2, 0) is 15.1 Å². The molecule has 1 aromatic heterocycles. The predicted octanol–water partition coefficient (Wildman–Crippen LogP) is 4.13. The monoisotopic (exact) mass is 346 g/mol. The molecule has 1 aromatic carbocycles. The molecule has 0 aliphatic heterocycles. The summed E-state index contributed by atoms with van der Waals surface area (Å²) in [4.78, 5) is 8.44. The minimum Gasteiger partial charge on any atom is -0.497 e. The fourth-order valence-corrected chi connectivity index (χ4v) is 2.08. The van der Waals surface area contributed by atoms with Gasteiger partial charge in [-0.15, -0.1) is 0 Å². The molecule has 0 bridgehead atoms. The van der Waals surface area contributed by atoms with Gasteiger partial charge >= 0.3 is 0 Å². The summed E-state index contributed by atoms with van der Waals surface area (Å²) in [7, 11) is 3.21. The Morgan fingerprint density at radius 1 is 1.10 bits per heavy atom. The van der Waals surface area contributed by atoms with Crippen LogP contribution in [0.3, 0.4) is 0 Å². The summed E-state index contributed by atoms with van der Waals surface area (Å²) in [6, 6.07) is 7.43. The van der Waals surface area contributed by atoms with Crippen LogP contribution in [0.15, 0.2) is 30.5 Å².